The summed E-state index contributed by atoms with van der Waals surface area (Å²) in [6, 6.07) is 3.53. The van der Waals surface area contributed by atoms with E-state index in [1.165, 1.54) is 12.8 Å². The van der Waals surface area contributed by atoms with Crippen LogP contribution in [0.2, 0.25) is 0 Å². The fraction of sp³-hybridized carbons (Fsp3) is 0.611. The van der Waals surface area contributed by atoms with Crippen LogP contribution < -0.4 is 14.8 Å². The third-order valence-corrected chi connectivity index (χ3v) is 6.18. The number of hydrogen-bond donors (Lipinski definition) is 1. The van der Waals surface area contributed by atoms with E-state index in [1.807, 2.05) is 0 Å². The molecule has 24 heavy (non-hydrogen) atoms. The summed E-state index contributed by atoms with van der Waals surface area (Å²) < 4.78 is 17.4. The molecule has 0 radical (unpaired) electrons. The molecule has 4 rings (SSSR count). The van der Waals surface area contributed by atoms with Gasteiger partial charge in [0, 0.05) is 23.0 Å². The first kappa shape index (κ1) is 16.2. The van der Waals surface area contributed by atoms with Crippen LogP contribution in [0, 0.1) is 5.41 Å². The molecule has 1 saturated heterocycles. The third kappa shape index (κ3) is 2.90. The Kier molecular flexibility index (Phi) is 4.43. The van der Waals surface area contributed by atoms with E-state index in [1.54, 1.807) is 12.1 Å². The van der Waals surface area contributed by atoms with Crippen molar-refractivity contribution in [3.63, 3.8) is 0 Å². The molecule has 2 aliphatic heterocycles. The number of carbonyl (C=O) groups is 1. The van der Waals surface area contributed by atoms with Gasteiger partial charge in [0.05, 0.1) is 11.7 Å². The summed E-state index contributed by atoms with van der Waals surface area (Å²) in [5, 5.41) is 3.13. The predicted octanol–water partition coefficient (Wildman–Crippen LogP) is 3.65. The first-order valence-electron chi connectivity index (χ1n) is 8.67. The molecule has 0 bridgehead atoms. The molecule has 1 saturated carbocycles. The number of ether oxygens (including phenoxy) is 3. The zero-order chi connectivity index (χ0) is 16.6. The Morgan fingerprint density at radius 2 is 2.00 bits per heavy atom. The number of fused-ring (bicyclic) bond motifs is 1. The standard InChI is InChI=1S/C18H22BrNO4/c19-13-9-15-14(23-11-24-15)8-12(13)17(21)20-10-18(5-3-6-18)16-4-1-2-7-22-16/h8-9,16H,1-7,10-11H2,(H,20,21). The van der Waals surface area contributed by atoms with Crippen LogP contribution in [0.25, 0.3) is 0 Å². The lowest BCUT2D eigenvalue weighted by atomic mass is 9.63. The molecule has 2 heterocycles. The SMILES string of the molecule is O=C(NCC1(C2CCCCO2)CCC1)c1cc2c(cc1Br)OCO2. The van der Waals surface area contributed by atoms with Gasteiger partial charge in [-0.1, -0.05) is 6.42 Å². The van der Waals surface area contributed by atoms with Crippen LogP contribution in [0.15, 0.2) is 16.6 Å². The van der Waals surface area contributed by atoms with Crippen molar-refractivity contribution >= 4 is 21.8 Å². The summed E-state index contributed by atoms with van der Waals surface area (Å²) in [5.74, 6) is 1.21. The summed E-state index contributed by atoms with van der Waals surface area (Å²) in [6.07, 6.45) is 7.30. The lowest BCUT2D eigenvalue weighted by Gasteiger charge is -2.48. The Balaban J connectivity index is 1.44. The van der Waals surface area contributed by atoms with Gasteiger partial charge in [0.25, 0.3) is 5.91 Å². The number of halogens is 1. The van der Waals surface area contributed by atoms with Crippen LogP contribution in [0.1, 0.15) is 48.9 Å². The number of rotatable bonds is 4. The van der Waals surface area contributed by atoms with Gasteiger partial charge in [-0.05, 0) is 60.2 Å². The van der Waals surface area contributed by atoms with Crippen molar-refractivity contribution in [1.29, 1.82) is 0 Å². The maximum absolute atomic E-state index is 12.7. The molecule has 2 fully saturated rings. The van der Waals surface area contributed by atoms with E-state index in [9.17, 15) is 4.79 Å². The van der Waals surface area contributed by atoms with E-state index in [4.69, 9.17) is 14.2 Å². The average molecular weight is 396 g/mol. The highest BCUT2D eigenvalue weighted by Gasteiger charge is 2.45. The van der Waals surface area contributed by atoms with Gasteiger partial charge in [-0.3, -0.25) is 4.79 Å². The van der Waals surface area contributed by atoms with Crippen LogP contribution in [0.3, 0.4) is 0 Å². The summed E-state index contributed by atoms with van der Waals surface area (Å²) in [4.78, 5) is 12.7. The fourth-order valence-electron chi connectivity index (χ4n) is 3.91. The van der Waals surface area contributed by atoms with Crippen LogP contribution in [0.5, 0.6) is 11.5 Å². The summed E-state index contributed by atoms with van der Waals surface area (Å²) in [6.45, 7) is 1.74. The number of benzene rings is 1. The van der Waals surface area contributed by atoms with E-state index < -0.39 is 0 Å². The monoisotopic (exact) mass is 395 g/mol. The third-order valence-electron chi connectivity index (χ3n) is 5.52. The second kappa shape index (κ2) is 6.56. The number of carbonyl (C=O) groups excluding carboxylic acids is 1. The maximum atomic E-state index is 12.7. The molecular formula is C18H22BrNO4. The van der Waals surface area contributed by atoms with Crippen molar-refractivity contribution in [3.8, 4) is 11.5 Å². The van der Waals surface area contributed by atoms with Crippen molar-refractivity contribution in [2.45, 2.75) is 44.6 Å². The second-order valence-corrected chi connectivity index (χ2v) is 7.79. The highest BCUT2D eigenvalue weighted by Crippen LogP contribution is 2.47. The van der Waals surface area contributed by atoms with Crippen LogP contribution >= 0.6 is 15.9 Å². The Hall–Kier alpha value is -1.27. The van der Waals surface area contributed by atoms with E-state index in [0.29, 0.717) is 29.7 Å². The smallest absolute Gasteiger partial charge is 0.252 e. The molecule has 1 aliphatic carbocycles. The lowest BCUT2D eigenvalue weighted by molar-refractivity contribution is -0.101. The van der Waals surface area contributed by atoms with Gasteiger partial charge in [0.15, 0.2) is 11.5 Å². The van der Waals surface area contributed by atoms with E-state index >= 15 is 0 Å². The zero-order valence-electron chi connectivity index (χ0n) is 13.6. The lowest BCUT2D eigenvalue weighted by Crippen LogP contribution is -2.51. The highest BCUT2D eigenvalue weighted by molar-refractivity contribution is 9.10. The quantitative estimate of drug-likeness (QED) is 0.844. The van der Waals surface area contributed by atoms with Gasteiger partial charge >= 0.3 is 0 Å². The second-order valence-electron chi connectivity index (χ2n) is 6.94. The molecule has 1 N–H and O–H groups in total. The predicted molar refractivity (Wildman–Crippen MR) is 92.5 cm³/mol. The minimum Gasteiger partial charge on any atom is -0.454 e. The Morgan fingerprint density at radius 3 is 2.67 bits per heavy atom. The summed E-state index contributed by atoms with van der Waals surface area (Å²) in [7, 11) is 0. The van der Waals surface area contributed by atoms with Gasteiger partial charge in [-0.2, -0.15) is 0 Å². The number of nitrogens with one attached hydrogen (secondary N) is 1. The molecule has 1 aromatic carbocycles. The Labute approximate surface area is 150 Å². The van der Waals surface area contributed by atoms with Gasteiger partial charge < -0.3 is 19.5 Å². The van der Waals surface area contributed by atoms with Gasteiger partial charge in [-0.15, -0.1) is 0 Å². The van der Waals surface area contributed by atoms with Crippen molar-refractivity contribution in [2.75, 3.05) is 19.9 Å². The van der Waals surface area contributed by atoms with Crippen molar-refractivity contribution in [3.05, 3.63) is 22.2 Å². The van der Waals surface area contributed by atoms with Crippen LogP contribution in [0.4, 0.5) is 0 Å². The summed E-state index contributed by atoms with van der Waals surface area (Å²) >= 11 is 3.46. The first-order chi connectivity index (χ1) is 11.7. The molecule has 5 nitrogen and oxygen atoms in total. The highest BCUT2D eigenvalue weighted by atomic mass is 79.9. The maximum Gasteiger partial charge on any atom is 0.252 e. The minimum absolute atomic E-state index is 0.0812. The van der Waals surface area contributed by atoms with E-state index in [2.05, 4.69) is 21.2 Å². The van der Waals surface area contributed by atoms with Crippen LogP contribution in [-0.2, 0) is 4.74 Å². The van der Waals surface area contributed by atoms with Gasteiger partial charge in [0.2, 0.25) is 6.79 Å². The Bertz CT molecular complexity index is 638. The molecule has 6 heteroatoms. The molecule has 1 aromatic rings. The molecule has 1 unspecified atom stereocenters. The fourth-order valence-corrected chi connectivity index (χ4v) is 4.41. The molecule has 130 valence electrons. The largest absolute Gasteiger partial charge is 0.454 e. The molecular weight excluding hydrogens is 374 g/mol. The average Bonchev–Trinajstić information content (AvgIpc) is 3.01. The number of amides is 1. The van der Waals surface area contributed by atoms with Crippen molar-refractivity contribution < 1.29 is 19.0 Å². The molecule has 1 atom stereocenters. The number of hydrogen-bond acceptors (Lipinski definition) is 4. The topological polar surface area (TPSA) is 56.8 Å². The van der Waals surface area contributed by atoms with E-state index in [-0.39, 0.29) is 18.1 Å². The Morgan fingerprint density at radius 1 is 1.21 bits per heavy atom. The first-order valence-corrected chi connectivity index (χ1v) is 9.46. The van der Waals surface area contributed by atoms with Crippen molar-refractivity contribution in [1.82, 2.24) is 5.32 Å². The van der Waals surface area contributed by atoms with Gasteiger partial charge in [0.1, 0.15) is 0 Å². The molecule has 1 amide bonds. The van der Waals surface area contributed by atoms with Gasteiger partial charge in [-0.25, -0.2) is 0 Å². The van der Waals surface area contributed by atoms with Crippen LogP contribution in [-0.4, -0.2) is 32.0 Å². The zero-order valence-corrected chi connectivity index (χ0v) is 15.2. The van der Waals surface area contributed by atoms with E-state index in [0.717, 1.165) is 36.8 Å². The van der Waals surface area contributed by atoms with Crippen molar-refractivity contribution in [2.24, 2.45) is 5.41 Å². The normalized spacial score (nSPS) is 24.3. The molecule has 3 aliphatic rings. The molecule has 0 aromatic heterocycles. The minimum atomic E-state index is -0.0812. The summed E-state index contributed by atoms with van der Waals surface area (Å²) in [5.41, 5.74) is 0.706. The molecule has 0 spiro atoms.